The van der Waals surface area contributed by atoms with Gasteiger partial charge in [-0.3, -0.25) is 0 Å². The highest BCUT2D eigenvalue weighted by Crippen LogP contribution is 2.28. The second-order valence-corrected chi connectivity index (χ2v) is 7.37. The van der Waals surface area contributed by atoms with Gasteiger partial charge in [-0.1, -0.05) is 22.9 Å². The summed E-state index contributed by atoms with van der Waals surface area (Å²) in [5.74, 6) is 0. The number of hydrogen-bond donors (Lipinski definition) is 1. The molecular formula is C13H20BrNO3S. The van der Waals surface area contributed by atoms with Crippen molar-refractivity contribution in [2.24, 2.45) is 0 Å². The summed E-state index contributed by atoms with van der Waals surface area (Å²) in [5.41, 5.74) is 1.24. The van der Waals surface area contributed by atoms with Crippen molar-refractivity contribution in [2.75, 3.05) is 6.54 Å². The van der Waals surface area contributed by atoms with Crippen molar-refractivity contribution in [2.45, 2.75) is 45.2 Å². The maximum atomic E-state index is 12.7. The number of hydrogen-bond acceptors (Lipinski definition) is 3. The molecule has 1 N–H and O–H groups in total. The molecule has 0 spiro atoms. The van der Waals surface area contributed by atoms with Gasteiger partial charge in [0.2, 0.25) is 10.0 Å². The molecule has 0 bridgehead atoms. The van der Waals surface area contributed by atoms with Crippen molar-refractivity contribution >= 4 is 26.0 Å². The summed E-state index contributed by atoms with van der Waals surface area (Å²) in [7, 11) is -3.54. The van der Waals surface area contributed by atoms with Gasteiger partial charge in [0.25, 0.3) is 0 Å². The Morgan fingerprint density at radius 1 is 1.37 bits per heavy atom. The monoisotopic (exact) mass is 349 g/mol. The first-order valence-electron chi connectivity index (χ1n) is 6.17. The second-order valence-electron chi connectivity index (χ2n) is 4.66. The minimum Gasteiger partial charge on any atom is -0.392 e. The zero-order valence-corrected chi connectivity index (χ0v) is 14.0. The van der Waals surface area contributed by atoms with Gasteiger partial charge in [0.15, 0.2) is 0 Å². The fourth-order valence-electron chi connectivity index (χ4n) is 2.01. The third kappa shape index (κ3) is 3.37. The molecule has 1 rings (SSSR count). The van der Waals surface area contributed by atoms with E-state index in [9.17, 15) is 13.5 Å². The van der Waals surface area contributed by atoms with Gasteiger partial charge in [0, 0.05) is 17.1 Å². The number of nitrogens with zero attached hydrogens (tertiary/aromatic N) is 1. The zero-order valence-electron chi connectivity index (χ0n) is 11.6. The highest BCUT2D eigenvalue weighted by molar-refractivity contribution is 9.10. The van der Waals surface area contributed by atoms with Gasteiger partial charge in [-0.25, -0.2) is 8.42 Å². The van der Waals surface area contributed by atoms with Gasteiger partial charge in [-0.2, -0.15) is 4.31 Å². The molecule has 0 aromatic heterocycles. The number of aliphatic hydroxyl groups is 1. The van der Waals surface area contributed by atoms with E-state index in [-0.39, 0.29) is 17.5 Å². The highest BCUT2D eigenvalue weighted by Gasteiger charge is 2.28. The third-order valence-electron chi connectivity index (χ3n) is 3.01. The predicted molar refractivity (Wildman–Crippen MR) is 79.5 cm³/mol. The quantitative estimate of drug-likeness (QED) is 0.888. The normalized spacial score (nSPS) is 12.4. The predicted octanol–water partition coefficient (Wildman–Crippen LogP) is 2.67. The molecule has 0 aliphatic heterocycles. The summed E-state index contributed by atoms with van der Waals surface area (Å²) in [6.07, 6.45) is 0. The SMILES string of the molecule is CCN(C(C)C)S(=O)(=O)c1cc(CO)cc(Br)c1C. The van der Waals surface area contributed by atoms with Gasteiger partial charge in [0.1, 0.15) is 0 Å². The lowest BCUT2D eigenvalue weighted by atomic mass is 10.2. The van der Waals surface area contributed by atoms with Crippen molar-refractivity contribution in [3.63, 3.8) is 0 Å². The van der Waals surface area contributed by atoms with Crippen molar-refractivity contribution in [3.8, 4) is 0 Å². The molecule has 0 saturated heterocycles. The standard InChI is InChI=1S/C13H20BrNO3S/c1-5-15(9(2)3)19(17,18)13-7-11(8-16)6-12(14)10(13)4/h6-7,9,16H,5,8H2,1-4H3. The number of sulfonamides is 1. The van der Waals surface area contributed by atoms with Crippen LogP contribution >= 0.6 is 15.9 Å². The minimum absolute atomic E-state index is 0.106. The van der Waals surface area contributed by atoms with E-state index in [2.05, 4.69) is 15.9 Å². The lowest BCUT2D eigenvalue weighted by molar-refractivity contribution is 0.281. The van der Waals surface area contributed by atoms with E-state index in [0.717, 1.165) is 0 Å². The molecule has 0 amide bonds. The highest BCUT2D eigenvalue weighted by atomic mass is 79.9. The lowest BCUT2D eigenvalue weighted by Gasteiger charge is -2.25. The van der Waals surface area contributed by atoms with Crippen LogP contribution in [-0.2, 0) is 16.6 Å². The van der Waals surface area contributed by atoms with E-state index in [0.29, 0.717) is 22.1 Å². The maximum absolute atomic E-state index is 12.7. The first-order chi connectivity index (χ1) is 8.75. The van der Waals surface area contributed by atoms with Gasteiger partial charge < -0.3 is 5.11 Å². The van der Waals surface area contributed by atoms with Crippen LogP contribution in [0, 0.1) is 6.92 Å². The first-order valence-corrected chi connectivity index (χ1v) is 8.40. The van der Waals surface area contributed by atoms with Crippen molar-refractivity contribution in [1.29, 1.82) is 0 Å². The Balaban J connectivity index is 3.47. The van der Waals surface area contributed by atoms with Crippen LogP contribution in [0.5, 0.6) is 0 Å². The largest absolute Gasteiger partial charge is 0.392 e. The fourth-order valence-corrected chi connectivity index (χ4v) is 4.59. The molecule has 0 fully saturated rings. The molecule has 0 heterocycles. The topological polar surface area (TPSA) is 57.6 Å². The van der Waals surface area contributed by atoms with Crippen LogP contribution < -0.4 is 0 Å². The molecule has 6 heteroatoms. The molecule has 0 aliphatic carbocycles. The van der Waals surface area contributed by atoms with Crippen LogP contribution in [0.25, 0.3) is 0 Å². The Morgan fingerprint density at radius 2 is 1.95 bits per heavy atom. The van der Waals surface area contributed by atoms with Gasteiger partial charge >= 0.3 is 0 Å². The molecule has 19 heavy (non-hydrogen) atoms. The van der Waals surface area contributed by atoms with E-state index in [1.54, 1.807) is 19.1 Å². The summed E-state index contributed by atoms with van der Waals surface area (Å²) in [6.45, 7) is 7.50. The molecule has 4 nitrogen and oxygen atoms in total. The van der Waals surface area contributed by atoms with E-state index in [1.807, 2.05) is 20.8 Å². The minimum atomic E-state index is -3.54. The Morgan fingerprint density at radius 3 is 2.37 bits per heavy atom. The molecule has 0 saturated carbocycles. The van der Waals surface area contributed by atoms with Crippen LogP contribution in [0.3, 0.4) is 0 Å². The van der Waals surface area contributed by atoms with E-state index < -0.39 is 10.0 Å². The summed E-state index contributed by atoms with van der Waals surface area (Å²) in [4.78, 5) is 0.251. The van der Waals surface area contributed by atoms with E-state index in [1.165, 1.54) is 4.31 Å². The molecule has 0 unspecified atom stereocenters. The van der Waals surface area contributed by atoms with Crippen molar-refractivity contribution in [3.05, 3.63) is 27.7 Å². The fraction of sp³-hybridized carbons (Fsp3) is 0.538. The van der Waals surface area contributed by atoms with E-state index in [4.69, 9.17) is 0 Å². The van der Waals surface area contributed by atoms with Crippen LogP contribution in [-0.4, -0.2) is 30.4 Å². The maximum Gasteiger partial charge on any atom is 0.243 e. The smallest absolute Gasteiger partial charge is 0.243 e. The number of rotatable bonds is 5. The molecule has 0 radical (unpaired) electrons. The van der Waals surface area contributed by atoms with Gasteiger partial charge in [-0.15, -0.1) is 0 Å². The summed E-state index contributed by atoms with van der Waals surface area (Å²) in [6, 6.07) is 3.17. The van der Waals surface area contributed by atoms with Crippen LogP contribution in [0.4, 0.5) is 0 Å². The third-order valence-corrected chi connectivity index (χ3v) is 6.11. The van der Waals surface area contributed by atoms with E-state index >= 15 is 0 Å². The molecule has 108 valence electrons. The number of aliphatic hydroxyl groups excluding tert-OH is 1. The first kappa shape index (κ1) is 16.6. The molecular weight excluding hydrogens is 330 g/mol. The second kappa shape index (κ2) is 6.35. The molecule has 1 aromatic carbocycles. The number of benzene rings is 1. The zero-order chi connectivity index (χ0) is 14.8. The van der Waals surface area contributed by atoms with Gasteiger partial charge in [-0.05, 0) is 44.0 Å². The summed E-state index contributed by atoms with van der Waals surface area (Å²) < 4.78 is 27.5. The number of halogens is 1. The van der Waals surface area contributed by atoms with Crippen LogP contribution in [0.2, 0.25) is 0 Å². The average molecular weight is 350 g/mol. The molecule has 0 aliphatic rings. The van der Waals surface area contributed by atoms with Gasteiger partial charge in [0.05, 0.1) is 11.5 Å². The molecule has 1 aromatic rings. The summed E-state index contributed by atoms with van der Waals surface area (Å²) >= 11 is 3.34. The van der Waals surface area contributed by atoms with Crippen LogP contribution in [0.1, 0.15) is 31.9 Å². The Kier molecular flexibility index (Phi) is 5.55. The Hall–Kier alpha value is -0.430. The Bertz CT molecular complexity index is 555. The van der Waals surface area contributed by atoms with Crippen molar-refractivity contribution < 1.29 is 13.5 Å². The average Bonchev–Trinajstić information content (AvgIpc) is 2.32. The summed E-state index contributed by atoms with van der Waals surface area (Å²) in [5, 5.41) is 9.22. The van der Waals surface area contributed by atoms with Crippen LogP contribution in [0.15, 0.2) is 21.5 Å². The Labute approximate surface area is 123 Å². The van der Waals surface area contributed by atoms with Crippen molar-refractivity contribution in [1.82, 2.24) is 4.31 Å². The lowest BCUT2D eigenvalue weighted by Crippen LogP contribution is -2.37. The molecule has 0 atom stereocenters.